The molecule has 4 unspecified atom stereocenters. The van der Waals surface area contributed by atoms with Gasteiger partial charge < -0.3 is 18.9 Å². The summed E-state index contributed by atoms with van der Waals surface area (Å²) in [5, 5.41) is 8.13. The molecule has 0 N–H and O–H groups in total. The number of methoxy groups -OCH3 is 1. The minimum absolute atomic E-state index is 0.0168. The number of esters is 1. The van der Waals surface area contributed by atoms with Crippen LogP contribution in [0.1, 0.15) is 17.2 Å². The van der Waals surface area contributed by atoms with E-state index in [9.17, 15) is 18.0 Å². The molecule has 0 spiro atoms. The molecule has 0 amide bonds. The largest absolute Gasteiger partial charge is 0.455 e. The molecule has 8 nitrogen and oxygen atoms in total. The maximum Gasteiger partial charge on any atom is 0.338 e. The summed E-state index contributed by atoms with van der Waals surface area (Å²) in [5.41, 5.74) is 1.86. The van der Waals surface area contributed by atoms with Crippen molar-refractivity contribution in [2.45, 2.75) is 37.6 Å². The summed E-state index contributed by atoms with van der Waals surface area (Å²) in [4.78, 5) is 13.0. The lowest BCUT2D eigenvalue weighted by molar-refractivity contribution is -0.209. The maximum absolute atomic E-state index is 13.9. The minimum atomic E-state index is -1.58. The van der Waals surface area contributed by atoms with Crippen molar-refractivity contribution < 1.29 is 36.9 Å². The number of hydrogen-bond acceptors (Lipinski definition) is 7. The van der Waals surface area contributed by atoms with E-state index in [-0.39, 0.29) is 31.1 Å². The van der Waals surface area contributed by atoms with Gasteiger partial charge >= 0.3 is 5.97 Å². The van der Waals surface area contributed by atoms with Gasteiger partial charge in [0.15, 0.2) is 29.7 Å². The lowest BCUT2D eigenvalue weighted by Crippen LogP contribution is -2.56. The van der Waals surface area contributed by atoms with Crippen molar-refractivity contribution in [1.29, 1.82) is 0 Å². The molecule has 1 aromatic heterocycles. The normalized spacial score (nSPS) is 20.9. The van der Waals surface area contributed by atoms with Gasteiger partial charge in [0.2, 0.25) is 0 Å². The molecule has 0 aliphatic carbocycles. The highest BCUT2D eigenvalue weighted by atomic mass is 19.2. The van der Waals surface area contributed by atoms with Crippen molar-refractivity contribution in [2.75, 3.05) is 13.7 Å². The topological polar surface area (TPSA) is 84.7 Å². The fourth-order valence-corrected chi connectivity index (χ4v) is 4.57. The molecule has 2 heterocycles. The van der Waals surface area contributed by atoms with Crippen LogP contribution in [0.15, 0.2) is 79.0 Å². The third-order valence-corrected chi connectivity index (χ3v) is 6.54. The molecule has 4 aromatic rings. The van der Waals surface area contributed by atoms with Crippen LogP contribution in [0.4, 0.5) is 13.2 Å². The summed E-state index contributed by atoms with van der Waals surface area (Å²) in [6.07, 6.45) is -1.40. The highest BCUT2D eigenvalue weighted by Gasteiger charge is 2.49. The molecular formula is C29H26F3N3O5. The number of nitrogens with zero attached hydrogens (tertiary/aromatic N) is 3. The number of benzene rings is 3. The Morgan fingerprint density at radius 1 is 0.925 bits per heavy atom. The summed E-state index contributed by atoms with van der Waals surface area (Å²) in [7, 11) is 1.35. The van der Waals surface area contributed by atoms with E-state index in [1.54, 1.807) is 0 Å². The molecule has 5 rings (SSSR count). The lowest BCUT2D eigenvalue weighted by atomic mass is 9.96. The van der Waals surface area contributed by atoms with Crippen LogP contribution in [0.5, 0.6) is 0 Å². The van der Waals surface area contributed by atoms with Gasteiger partial charge in [-0.2, -0.15) is 0 Å². The number of cyclic esters (lactones) is 1. The summed E-state index contributed by atoms with van der Waals surface area (Å²) < 4.78 is 66.0. The van der Waals surface area contributed by atoms with Crippen molar-refractivity contribution in [3.05, 3.63) is 108 Å². The van der Waals surface area contributed by atoms with Crippen LogP contribution in [-0.4, -0.2) is 53.0 Å². The van der Waals surface area contributed by atoms with Crippen LogP contribution in [-0.2, 0) is 37.0 Å². The third kappa shape index (κ3) is 6.06. The zero-order valence-corrected chi connectivity index (χ0v) is 21.5. The standard InChI is InChI=1S/C29H26F3N3O5/c1-37-28-26(35-14-23(33-34-35)20-12-21(30)25(32)22(31)13-20)27(39-16-19-10-6-3-7-11-19)24(40-29(28)36)17-38-15-18-8-4-2-5-9-18/h2-14,24,26-28H,15-17H2,1H3. The summed E-state index contributed by atoms with van der Waals surface area (Å²) in [6, 6.07) is 19.7. The fourth-order valence-electron chi connectivity index (χ4n) is 4.57. The van der Waals surface area contributed by atoms with Gasteiger partial charge in [-0.1, -0.05) is 65.9 Å². The Bertz CT molecular complexity index is 1410. The number of aromatic nitrogens is 3. The average Bonchev–Trinajstić information content (AvgIpc) is 3.46. The number of halogens is 3. The van der Waals surface area contributed by atoms with E-state index in [2.05, 4.69) is 10.3 Å². The second kappa shape index (κ2) is 12.4. The molecule has 1 fully saturated rings. The van der Waals surface area contributed by atoms with E-state index in [0.29, 0.717) is 0 Å². The van der Waals surface area contributed by atoms with Crippen LogP contribution in [0.3, 0.4) is 0 Å². The first-order chi connectivity index (χ1) is 19.4. The second-order valence-electron chi connectivity index (χ2n) is 9.22. The molecule has 1 aliphatic rings. The Morgan fingerprint density at radius 2 is 1.55 bits per heavy atom. The van der Waals surface area contributed by atoms with Crippen molar-refractivity contribution in [2.24, 2.45) is 0 Å². The van der Waals surface area contributed by atoms with E-state index in [4.69, 9.17) is 18.9 Å². The Kier molecular flexibility index (Phi) is 8.54. The maximum atomic E-state index is 13.9. The molecule has 0 radical (unpaired) electrons. The first-order valence-electron chi connectivity index (χ1n) is 12.5. The van der Waals surface area contributed by atoms with Crippen molar-refractivity contribution in [1.82, 2.24) is 15.0 Å². The number of hydrogen-bond donors (Lipinski definition) is 0. The molecule has 0 saturated carbocycles. The van der Waals surface area contributed by atoms with Gasteiger partial charge in [0, 0.05) is 12.7 Å². The zero-order valence-electron chi connectivity index (χ0n) is 21.5. The highest BCUT2D eigenvalue weighted by molar-refractivity contribution is 5.77. The van der Waals surface area contributed by atoms with E-state index < -0.39 is 47.8 Å². The van der Waals surface area contributed by atoms with E-state index >= 15 is 0 Å². The smallest absolute Gasteiger partial charge is 0.338 e. The molecule has 3 aromatic carbocycles. The molecule has 4 atom stereocenters. The first-order valence-corrected chi connectivity index (χ1v) is 12.5. The monoisotopic (exact) mass is 553 g/mol. The fraction of sp³-hybridized carbons (Fsp3) is 0.276. The van der Waals surface area contributed by atoms with Gasteiger partial charge in [-0.05, 0) is 23.3 Å². The lowest BCUT2D eigenvalue weighted by Gasteiger charge is -2.40. The molecule has 1 aliphatic heterocycles. The molecule has 1 saturated heterocycles. The molecule has 11 heteroatoms. The van der Waals surface area contributed by atoms with Crippen molar-refractivity contribution in [3.63, 3.8) is 0 Å². The Morgan fingerprint density at radius 3 is 2.17 bits per heavy atom. The predicted molar refractivity (Wildman–Crippen MR) is 136 cm³/mol. The Hall–Kier alpha value is -4.06. The Labute approximate surface area is 228 Å². The van der Waals surface area contributed by atoms with Gasteiger partial charge in [-0.25, -0.2) is 22.6 Å². The van der Waals surface area contributed by atoms with E-state index in [1.807, 2.05) is 60.7 Å². The molecule has 0 bridgehead atoms. The third-order valence-electron chi connectivity index (χ3n) is 6.54. The molecular weight excluding hydrogens is 527 g/mol. The number of ether oxygens (including phenoxy) is 4. The number of carbonyl (C=O) groups excluding carboxylic acids is 1. The average molecular weight is 554 g/mol. The summed E-state index contributed by atoms with van der Waals surface area (Å²) in [5.74, 6) is -4.96. The Balaban J connectivity index is 1.45. The van der Waals surface area contributed by atoms with Gasteiger partial charge in [0.25, 0.3) is 0 Å². The predicted octanol–water partition coefficient (Wildman–Crippen LogP) is 4.65. The van der Waals surface area contributed by atoms with Gasteiger partial charge in [0.1, 0.15) is 17.8 Å². The van der Waals surface area contributed by atoms with Crippen molar-refractivity contribution >= 4 is 5.97 Å². The molecule has 40 heavy (non-hydrogen) atoms. The van der Waals surface area contributed by atoms with Gasteiger partial charge in [0.05, 0.1) is 26.0 Å². The molecule has 208 valence electrons. The summed E-state index contributed by atoms with van der Waals surface area (Å²) >= 11 is 0. The van der Waals surface area contributed by atoms with Crippen LogP contribution >= 0.6 is 0 Å². The number of rotatable bonds is 10. The van der Waals surface area contributed by atoms with Gasteiger partial charge in [-0.15, -0.1) is 5.10 Å². The summed E-state index contributed by atoms with van der Waals surface area (Å²) in [6.45, 7) is 0.484. The highest BCUT2D eigenvalue weighted by Crippen LogP contribution is 2.33. The SMILES string of the molecule is COC1C(=O)OC(COCc2ccccc2)C(OCc2ccccc2)C1n1cc(-c2cc(F)c(F)c(F)c2)nn1. The van der Waals surface area contributed by atoms with E-state index in [0.717, 1.165) is 23.3 Å². The second-order valence-corrected chi connectivity index (χ2v) is 9.22. The van der Waals surface area contributed by atoms with Crippen LogP contribution in [0, 0.1) is 17.5 Å². The van der Waals surface area contributed by atoms with E-state index in [1.165, 1.54) is 18.0 Å². The minimum Gasteiger partial charge on any atom is -0.455 e. The number of carbonyl (C=O) groups is 1. The van der Waals surface area contributed by atoms with Crippen molar-refractivity contribution in [3.8, 4) is 11.3 Å². The van der Waals surface area contributed by atoms with Gasteiger partial charge in [-0.3, -0.25) is 0 Å². The van der Waals surface area contributed by atoms with Crippen LogP contribution in [0.2, 0.25) is 0 Å². The van der Waals surface area contributed by atoms with Crippen LogP contribution < -0.4 is 0 Å². The van der Waals surface area contributed by atoms with Crippen LogP contribution in [0.25, 0.3) is 11.3 Å². The quantitative estimate of drug-likeness (QED) is 0.209. The first kappa shape index (κ1) is 27.5. The zero-order chi connectivity index (χ0) is 28.1.